The molecule has 3 fully saturated rings. The van der Waals surface area contributed by atoms with Crippen LogP contribution in [0.1, 0.15) is 136 Å². The maximum absolute atomic E-state index is 9.88. The van der Waals surface area contributed by atoms with E-state index in [2.05, 4.69) is 19.9 Å². The fourth-order valence-electron chi connectivity index (χ4n) is 7.42. The normalized spacial score (nSPS) is 38.4. The van der Waals surface area contributed by atoms with E-state index >= 15 is 0 Å². The van der Waals surface area contributed by atoms with Gasteiger partial charge in [0.1, 0.15) is 0 Å². The Kier molecular flexibility index (Phi) is 9.40. The zero-order chi connectivity index (χ0) is 20.5. The van der Waals surface area contributed by atoms with E-state index in [1.165, 1.54) is 122 Å². The topological polar surface area (TPSA) is 23.8 Å². The Hall–Kier alpha value is -0.510. The van der Waals surface area contributed by atoms with E-state index in [0.717, 1.165) is 29.6 Å². The lowest BCUT2D eigenvalue weighted by Gasteiger charge is -2.43. The summed E-state index contributed by atoms with van der Waals surface area (Å²) in [5.41, 5.74) is 0.0402. The second kappa shape index (κ2) is 11.8. The molecule has 0 bridgehead atoms. The van der Waals surface area contributed by atoms with Crippen molar-refractivity contribution >= 4 is 0 Å². The molecule has 0 unspecified atom stereocenters. The number of hydrogen-bond acceptors (Lipinski definition) is 1. The van der Waals surface area contributed by atoms with Crippen LogP contribution in [-0.4, -0.2) is 0 Å². The third kappa shape index (κ3) is 6.48. The molecule has 0 saturated heterocycles. The summed E-state index contributed by atoms with van der Waals surface area (Å²) in [5.74, 6) is 5.09. The van der Waals surface area contributed by atoms with Crippen LogP contribution in [0.25, 0.3) is 0 Å². The Morgan fingerprint density at radius 1 is 0.655 bits per heavy atom. The molecule has 1 heteroatoms. The molecule has 0 aromatic heterocycles. The number of nitrogens with zero attached hydrogens (tertiary/aromatic N) is 1. The average molecular weight is 400 g/mol. The Bertz CT molecular complexity index is 479. The van der Waals surface area contributed by atoms with E-state index in [0.29, 0.717) is 0 Å². The van der Waals surface area contributed by atoms with Crippen LogP contribution in [0.2, 0.25) is 0 Å². The van der Waals surface area contributed by atoms with E-state index in [1.54, 1.807) is 0 Å². The smallest absolute Gasteiger partial charge is 0.0689 e. The molecule has 1 nitrogen and oxygen atoms in total. The lowest BCUT2D eigenvalue weighted by Crippen LogP contribution is -2.32. The second-order valence-corrected chi connectivity index (χ2v) is 11.3. The molecular weight excluding hydrogens is 350 g/mol. The van der Waals surface area contributed by atoms with Crippen molar-refractivity contribution in [3.05, 3.63) is 0 Å². The van der Waals surface area contributed by atoms with E-state index in [9.17, 15) is 5.26 Å². The van der Waals surface area contributed by atoms with Gasteiger partial charge >= 0.3 is 0 Å². The summed E-state index contributed by atoms with van der Waals surface area (Å²) in [7, 11) is 0. The van der Waals surface area contributed by atoms with Crippen LogP contribution in [-0.2, 0) is 0 Å². The Labute approximate surface area is 182 Å². The van der Waals surface area contributed by atoms with Gasteiger partial charge in [0, 0.05) is 0 Å². The highest BCUT2D eigenvalue weighted by molar-refractivity contribution is 5.02. The van der Waals surface area contributed by atoms with E-state index in [-0.39, 0.29) is 5.41 Å². The average Bonchev–Trinajstić information content (AvgIpc) is 2.78. The minimum absolute atomic E-state index is 0.0402. The SMILES string of the molecule is CCCCCC[C@]1(C#N)CC[C@H](C2CCC([C@H]3CC[C@H](CCC)CC3)CC2)CC1. The highest BCUT2D eigenvalue weighted by atomic mass is 14.5. The van der Waals surface area contributed by atoms with Crippen LogP contribution in [0.15, 0.2) is 0 Å². The first kappa shape index (κ1) is 23.2. The van der Waals surface area contributed by atoms with Crippen molar-refractivity contribution in [1.82, 2.24) is 0 Å². The molecule has 0 aromatic rings. The summed E-state index contributed by atoms with van der Waals surface area (Å²) in [6, 6.07) is 2.78. The molecular formula is C28H49N. The van der Waals surface area contributed by atoms with Crippen molar-refractivity contribution in [2.24, 2.45) is 35.0 Å². The molecule has 29 heavy (non-hydrogen) atoms. The van der Waals surface area contributed by atoms with Crippen LogP contribution in [0, 0.1) is 46.3 Å². The molecule has 0 heterocycles. The minimum atomic E-state index is 0.0402. The molecule has 3 aliphatic rings. The molecule has 3 saturated carbocycles. The monoisotopic (exact) mass is 399 g/mol. The molecule has 0 amide bonds. The zero-order valence-corrected chi connectivity index (χ0v) is 19.8. The van der Waals surface area contributed by atoms with Crippen LogP contribution < -0.4 is 0 Å². The first-order valence-electron chi connectivity index (χ1n) is 13.6. The van der Waals surface area contributed by atoms with Crippen LogP contribution in [0.3, 0.4) is 0 Å². The number of hydrogen-bond donors (Lipinski definition) is 0. The second-order valence-electron chi connectivity index (χ2n) is 11.3. The van der Waals surface area contributed by atoms with Gasteiger partial charge in [-0.05, 0) is 100 Å². The van der Waals surface area contributed by atoms with Gasteiger partial charge in [0.2, 0.25) is 0 Å². The van der Waals surface area contributed by atoms with Gasteiger partial charge in [-0.3, -0.25) is 0 Å². The van der Waals surface area contributed by atoms with Gasteiger partial charge in [-0.2, -0.15) is 5.26 Å². The third-order valence-electron chi connectivity index (χ3n) is 9.47. The van der Waals surface area contributed by atoms with Crippen molar-refractivity contribution in [3.63, 3.8) is 0 Å². The van der Waals surface area contributed by atoms with Crippen LogP contribution in [0.5, 0.6) is 0 Å². The Balaban J connectivity index is 1.37. The highest BCUT2D eigenvalue weighted by Crippen LogP contribution is 2.49. The zero-order valence-electron chi connectivity index (χ0n) is 19.8. The summed E-state index contributed by atoms with van der Waals surface area (Å²) in [6.07, 6.45) is 26.5. The van der Waals surface area contributed by atoms with Gasteiger partial charge in [-0.15, -0.1) is 0 Å². The fraction of sp³-hybridized carbons (Fsp3) is 0.964. The summed E-state index contributed by atoms with van der Waals surface area (Å²) in [5, 5.41) is 9.88. The minimum Gasteiger partial charge on any atom is -0.198 e. The lowest BCUT2D eigenvalue weighted by molar-refractivity contribution is 0.0898. The summed E-state index contributed by atoms with van der Waals surface area (Å²) < 4.78 is 0. The number of unbranched alkanes of at least 4 members (excludes halogenated alkanes) is 3. The van der Waals surface area contributed by atoms with Gasteiger partial charge in [0.05, 0.1) is 11.5 Å². The number of rotatable bonds is 9. The van der Waals surface area contributed by atoms with Crippen LogP contribution >= 0.6 is 0 Å². The maximum atomic E-state index is 9.88. The molecule has 0 aromatic carbocycles. The molecule has 3 aliphatic carbocycles. The summed E-state index contributed by atoms with van der Waals surface area (Å²) in [4.78, 5) is 0. The van der Waals surface area contributed by atoms with Gasteiger partial charge < -0.3 is 0 Å². The quantitative estimate of drug-likeness (QED) is 0.355. The van der Waals surface area contributed by atoms with Gasteiger partial charge in [0.15, 0.2) is 0 Å². The predicted octanol–water partition coefficient (Wildman–Crippen LogP) is 9.07. The molecule has 0 aliphatic heterocycles. The lowest BCUT2D eigenvalue weighted by atomic mass is 9.62. The molecule has 0 N–H and O–H groups in total. The van der Waals surface area contributed by atoms with E-state index in [4.69, 9.17) is 0 Å². The van der Waals surface area contributed by atoms with Crippen molar-refractivity contribution in [2.75, 3.05) is 0 Å². The molecule has 3 rings (SSSR count). The van der Waals surface area contributed by atoms with Crippen molar-refractivity contribution < 1.29 is 0 Å². The third-order valence-corrected chi connectivity index (χ3v) is 9.47. The first-order valence-corrected chi connectivity index (χ1v) is 13.6. The van der Waals surface area contributed by atoms with Gasteiger partial charge in [0.25, 0.3) is 0 Å². The first-order chi connectivity index (χ1) is 14.2. The Morgan fingerprint density at radius 2 is 1.17 bits per heavy atom. The molecule has 0 spiro atoms. The molecule has 166 valence electrons. The summed E-state index contributed by atoms with van der Waals surface area (Å²) >= 11 is 0. The van der Waals surface area contributed by atoms with Crippen LogP contribution in [0.4, 0.5) is 0 Å². The molecule has 0 atom stereocenters. The largest absolute Gasteiger partial charge is 0.198 e. The highest BCUT2D eigenvalue weighted by Gasteiger charge is 2.39. The fourth-order valence-corrected chi connectivity index (χ4v) is 7.42. The summed E-state index contributed by atoms with van der Waals surface area (Å²) in [6.45, 7) is 4.63. The maximum Gasteiger partial charge on any atom is 0.0689 e. The Morgan fingerprint density at radius 3 is 1.66 bits per heavy atom. The van der Waals surface area contributed by atoms with Gasteiger partial charge in [-0.25, -0.2) is 0 Å². The standard InChI is InChI=1S/C28H49N/c1-3-5-6-7-19-28(22-29)20-17-27(18-21-28)26-15-13-25(14-16-26)24-11-9-23(8-4-2)10-12-24/h23-27H,3-21H2,1-2H3/t23-,24-,25?,26?,27-,28-. The van der Waals surface area contributed by atoms with Crippen molar-refractivity contribution in [1.29, 1.82) is 5.26 Å². The molecule has 0 radical (unpaired) electrons. The van der Waals surface area contributed by atoms with E-state index < -0.39 is 0 Å². The number of nitriles is 1. The van der Waals surface area contributed by atoms with E-state index in [1.807, 2.05) is 0 Å². The van der Waals surface area contributed by atoms with Crippen molar-refractivity contribution in [2.45, 2.75) is 136 Å². The predicted molar refractivity (Wildman–Crippen MR) is 125 cm³/mol. The van der Waals surface area contributed by atoms with Crippen molar-refractivity contribution in [3.8, 4) is 6.07 Å². The van der Waals surface area contributed by atoms with Gasteiger partial charge in [-0.1, -0.05) is 65.2 Å².